The fourth-order valence-corrected chi connectivity index (χ4v) is 2.30. The molecule has 0 N–H and O–H groups in total. The van der Waals surface area contributed by atoms with Gasteiger partial charge in [0.15, 0.2) is 0 Å². The normalized spacial score (nSPS) is 17.4. The smallest absolute Gasteiger partial charge is 0.0768 e. The van der Waals surface area contributed by atoms with Gasteiger partial charge in [-0.1, -0.05) is 24.3 Å². The van der Waals surface area contributed by atoms with E-state index < -0.39 is 0 Å². The molecule has 1 aromatic heterocycles. The summed E-state index contributed by atoms with van der Waals surface area (Å²) in [6.07, 6.45) is 4.09. The summed E-state index contributed by atoms with van der Waals surface area (Å²) in [7, 11) is 0. The highest BCUT2D eigenvalue weighted by atomic mass is 32.1. The Morgan fingerprint density at radius 3 is 2.86 bits per heavy atom. The van der Waals surface area contributed by atoms with E-state index in [1.165, 1.54) is 37.2 Å². The lowest BCUT2D eigenvalue weighted by Crippen LogP contribution is -2.29. The van der Waals surface area contributed by atoms with Gasteiger partial charge in [0.25, 0.3) is 0 Å². The van der Waals surface area contributed by atoms with Crippen LogP contribution in [0.25, 0.3) is 0 Å². The number of rotatable bonds is 1. The third-order valence-electron chi connectivity index (χ3n) is 2.48. The van der Waals surface area contributed by atoms with Crippen LogP contribution >= 0.6 is 11.3 Å². The van der Waals surface area contributed by atoms with Gasteiger partial charge in [-0.3, -0.25) is 4.90 Å². The van der Waals surface area contributed by atoms with Crippen molar-refractivity contribution in [3.05, 3.63) is 22.4 Å². The lowest BCUT2D eigenvalue weighted by atomic mass is 10.1. The van der Waals surface area contributed by atoms with Crippen LogP contribution in [0, 0.1) is 11.8 Å². The summed E-state index contributed by atoms with van der Waals surface area (Å²) in [5.41, 5.74) is 0. The van der Waals surface area contributed by atoms with Crippen molar-refractivity contribution in [1.29, 1.82) is 0 Å². The van der Waals surface area contributed by atoms with Crippen LogP contribution in [-0.4, -0.2) is 24.5 Å². The molecule has 1 saturated heterocycles. The fraction of sp³-hybridized carbons (Fsp3) is 0.500. The lowest BCUT2D eigenvalue weighted by molar-refractivity contribution is 0.255. The largest absolute Gasteiger partial charge is 0.292 e. The third kappa shape index (κ3) is 2.87. The van der Waals surface area contributed by atoms with E-state index in [1.807, 2.05) is 0 Å². The highest BCUT2D eigenvalue weighted by molar-refractivity contribution is 7.10. The molecule has 1 aliphatic heterocycles. The van der Waals surface area contributed by atoms with Crippen molar-refractivity contribution >= 4 is 11.3 Å². The van der Waals surface area contributed by atoms with Crippen molar-refractivity contribution < 1.29 is 0 Å². The van der Waals surface area contributed by atoms with Crippen molar-refractivity contribution in [2.75, 3.05) is 19.6 Å². The van der Waals surface area contributed by atoms with E-state index in [9.17, 15) is 0 Å². The molecule has 2 heteroatoms. The number of hydrogen-bond donors (Lipinski definition) is 0. The molecule has 14 heavy (non-hydrogen) atoms. The Bertz CT molecular complexity index is 312. The van der Waals surface area contributed by atoms with Crippen molar-refractivity contribution in [2.24, 2.45) is 0 Å². The molecule has 0 atom stereocenters. The van der Waals surface area contributed by atoms with Gasteiger partial charge in [0.1, 0.15) is 0 Å². The minimum absolute atomic E-state index is 0.942. The van der Waals surface area contributed by atoms with E-state index in [2.05, 4.69) is 34.3 Å². The maximum Gasteiger partial charge on any atom is 0.0768 e. The molecule has 1 aromatic rings. The first-order valence-electron chi connectivity index (χ1n) is 5.20. The molecule has 0 aliphatic carbocycles. The molecular formula is C12H15NS. The Morgan fingerprint density at radius 2 is 2.14 bits per heavy atom. The second-order valence-corrected chi connectivity index (χ2v) is 4.56. The summed E-state index contributed by atoms with van der Waals surface area (Å²) in [6, 6.07) is 4.13. The van der Waals surface area contributed by atoms with Crippen molar-refractivity contribution in [1.82, 2.24) is 4.90 Å². The number of nitrogens with zero attached hydrogens (tertiary/aromatic N) is 1. The molecule has 2 heterocycles. The second kappa shape index (κ2) is 5.19. The Morgan fingerprint density at radius 1 is 1.29 bits per heavy atom. The number of likely N-dealkylation sites (tertiary alicyclic amines) is 1. The van der Waals surface area contributed by atoms with Gasteiger partial charge in [0.2, 0.25) is 0 Å². The minimum Gasteiger partial charge on any atom is -0.292 e. The van der Waals surface area contributed by atoms with E-state index in [0.29, 0.717) is 0 Å². The van der Waals surface area contributed by atoms with Gasteiger partial charge in [-0.15, -0.1) is 11.3 Å². The molecule has 0 bridgehead atoms. The number of thiophene rings is 1. The molecule has 0 aromatic carbocycles. The van der Waals surface area contributed by atoms with Crippen LogP contribution in [0.2, 0.25) is 0 Å². The van der Waals surface area contributed by atoms with Crippen LogP contribution in [0.1, 0.15) is 24.1 Å². The summed E-state index contributed by atoms with van der Waals surface area (Å²) in [4.78, 5) is 3.63. The van der Waals surface area contributed by atoms with Crippen LogP contribution in [0.3, 0.4) is 0 Å². The molecule has 0 radical (unpaired) electrons. The Labute approximate surface area is 89.7 Å². The van der Waals surface area contributed by atoms with Gasteiger partial charge < -0.3 is 0 Å². The lowest BCUT2D eigenvalue weighted by Gasteiger charge is -2.23. The average Bonchev–Trinajstić information content (AvgIpc) is 2.72. The zero-order valence-electron chi connectivity index (χ0n) is 8.33. The predicted molar refractivity (Wildman–Crippen MR) is 61.5 cm³/mol. The van der Waals surface area contributed by atoms with Crippen LogP contribution < -0.4 is 0 Å². The van der Waals surface area contributed by atoms with Crippen molar-refractivity contribution in [3.8, 4) is 11.8 Å². The molecule has 0 unspecified atom stereocenters. The van der Waals surface area contributed by atoms with Crippen LogP contribution in [0.5, 0.6) is 0 Å². The zero-order valence-corrected chi connectivity index (χ0v) is 9.15. The number of hydrogen-bond acceptors (Lipinski definition) is 2. The van der Waals surface area contributed by atoms with E-state index in [1.54, 1.807) is 11.3 Å². The van der Waals surface area contributed by atoms with E-state index >= 15 is 0 Å². The molecule has 1 aliphatic rings. The number of piperidine rings is 1. The van der Waals surface area contributed by atoms with Crippen LogP contribution in [0.4, 0.5) is 0 Å². The predicted octanol–water partition coefficient (Wildman–Crippen LogP) is 2.59. The van der Waals surface area contributed by atoms with E-state index in [-0.39, 0.29) is 0 Å². The maximum atomic E-state index is 3.24. The summed E-state index contributed by atoms with van der Waals surface area (Å²) in [5, 5.41) is 2.07. The quantitative estimate of drug-likeness (QED) is 0.637. The van der Waals surface area contributed by atoms with Gasteiger partial charge in [-0.25, -0.2) is 0 Å². The molecule has 0 spiro atoms. The van der Waals surface area contributed by atoms with Crippen LogP contribution in [0.15, 0.2) is 17.5 Å². The highest BCUT2D eigenvalue weighted by Crippen LogP contribution is 2.08. The molecule has 0 amide bonds. The first-order chi connectivity index (χ1) is 6.95. The topological polar surface area (TPSA) is 3.24 Å². The SMILES string of the molecule is C(#Cc1cccs1)CN1CCCCC1. The fourth-order valence-electron chi connectivity index (χ4n) is 1.71. The maximum absolute atomic E-state index is 3.24. The third-order valence-corrected chi connectivity index (χ3v) is 3.27. The van der Waals surface area contributed by atoms with E-state index in [0.717, 1.165) is 6.54 Å². The first kappa shape index (κ1) is 9.76. The van der Waals surface area contributed by atoms with Gasteiger partial charge in [0, 0.05) is 0 Å². The summed E-state index contributed by atoms with van der Waals surface area (Å²) < 4.78 is 0. The van der Waals surface area contributed by atoms with Crippen molar-refractivity contribution in [2.45, 2.75) is 19.3 Å². The monoisotopic (exact) mass is 205 g/mol. The molecule has 1 nitrogen and oxygen atoms in total. The van der Waals surface area contributed by atoms with Crippen LogP contribution in [-0.2, 0) is 0 Å². The summed E-state index contributed by atoms with van der Waals surface area (Å²) in [5.74, 6) is 6.44. The minimum atomic E-state index is 0.942. The Kier molecular flexibility index (Phi) is 3.62. The van der Waals surface area contributed by atoms with E-state index in [4.69, 9.17) is 0 Å². The molecule has 2 rings (SSSR count). The summed E-state index contributed by atoms with van der Waals surface area (Å²) in [6.45, 7) is 3.41. The molecule has 0 saturated carbocycles. The van der Waals surface area contributed by atoms with Gasteiger partial charge in [-0.2, -0.15) is 0 Å². The molecule has 1 fully saturated rings. The standard InChI is InChI=1S/C12H15NS/c1-2-8-13(9-3-1)10-4-6-12-7-5-11-14-12/h5,7,11H,1-3,8-10H2. The second-order valence-electron chi connectivity index (χ2n) is 3.62. The molecule has 74 valence electrons. The summed E-state index contributed by atoms with van der Waals surface area (Å²) >= 11 is 1.72. The zero-order chi connectivity index (χ0) is 9.64. The Hall–Kier alpha value is -0.780. The van der Waals surface area contributed by atoms with Gasteiger partial charge in [0.05, 0.1) is 11.4 Å². The average molecular weight is 205 g/mol. The highest BCUT2D eigenvalue weighted by Gasteiger charge is 2.07. The first-order valence-corrected chi connectivity index (χ1v) is 6.08. The molecular weight excluding hydrogens is 190 g/mol. The van der Waals surface area contributed by atoms with Crippen molar-refractivity contribution in [3.63, 3.8) is 0 Å². The van der Waals surface area contributed by atoms with Gasteiger partial charge in [-0.05, 0) is 37.4 Å². The van der Waals surface area contributed by atoms with Gasteiger partial charge >= 0.3 is 0 Å². The Balaban J connectivity index is 1.80.